The molecule has 2 aromatic rings. The van der Waals surface area contributed by atoms with Gasteiger partial charge in [-0.25, -0.2) is 9.59 Å². The molecule has 0 radical (unpaired) electrons. The number of aryl methyl sites for hydroxylation is 1. The molecule has 39 heavy (non-hydrogen) atoms. The summed E-state index contributed by atoms with van der Waals surface area (Å²) in [5, 5.41) is 43.3. The summed E-state index contributed by atoms with van der Waals surface area (Å²) in [5.41, 5.74) is 5.98. The Bertz CT molecular complexity index is 1120. The maximum atomic E-state index is 12.0. The summed E-state index contributed by atoms with van der Waals surface area (Å²) in [5.74, 6) is -3.44. The highest BCUT2D eigenvalue weighted by molar-refractivity contribution is 6.33. The number of aliphatic hydroxyl groups is 2. The molecule has 7 N–H and O–H groups in total. The summed E-state index contributed by atoms with van der Waals surface area (Å²) in [4.78, 5) is 31.5. The number of anilines is 1. The molecule has 0 unspecified atom stereocenters. The number of carbonyl (C=O) groups excluding carboxylic acids is 1. The van der Waals surface area contributed by atoms with Crippen molar-refractivity contribution >= 4 is 35.1 Å². The zero-order valence-electron chi connectivity index (χ0n) is 22.5. The molecular weight excluding hydrogens is 526 g/mol. The van der Waals surface area contributed by atoms with Crippen LogP contribution in [0.25, 0.3) is 0 Å². The molecule has 0 saturated carbocycles. The molecule has 1 amide bonds. The van der Waals surface area contributed by atoms with E-state index in [-0.39, 0.29) is 11.4 Å². The van der Waals surface area contributed by atoms with Crippen molar-refractivity contribution in [2.45, 2.75) is 70.7 Å². The summed E-state index contributed by atoms with van der Waals surface area (Å²) in [6.45, 7) is 8.74. The van der Waals surface area contributed by atoms with Gasteiger partial charge in [0.1, 0.15) is 0 Å². The minimum absolute atomic E-state index is 0.0946. The molecule has 3 rings (SSSR count). The van der Waals surface area contributed by atoms with Crippen LogP contribution >= 0.6 is 11.6 Å². The fourth-order valence-electron chi connectivity index (χ4n) is 3.96. The van der Waals surface area contributed by atoms with E-state index < -0.39 is 24.1 Å². The van der Waals surface area contributed by atoms with Crippen molar-refractivity contribution in [3.8, 4) is 0 Å². The van der Waals surface area contributed by atoms with Gasteiger partial charge in [-0.1, -0.05) is 41.9 Å². The molecule has 214 valence electrons. The molecule has 1 heterocycles. The molecule has 0 bridgehead atoms. The molecule has 0 spiro atoms. The molecule has 1 aliphatic rings. The van der Waals surface area contributed by atoms with E-state index in [0.717, 1.165) is 49.6 Å². The third-order valence-electron chi connectivity index (χ3n) is 5.93. The third-order valence-corrected chi connectivity index (χ3v) is 6.25. The number of fused-ring (bicyclic) bond motifs is 1. The Morgan fingerprint density at radius 3 is 2.05 bits per heavy atom. The van der Waals surface area contributed by atoms with E-state index in [1.54, 1.807) is 0 Å². The van der Waals surface area contributed by atoms with E-state index in [4.69, 9.17) is 32.0 Å². The molecule has 1 aliphatic heterocycles. The van der Waals surface area contributed by atoms with Crippen LogP contribution in [0.3, 0.4) is 0 Å². The fraction of sp³-hybridized carbons (Fsp3) is 0.464. The Labute approximate surface area is 233 Å². The van der Waals surface area contributed by atoms with Crippen LogP contribution in [-0.4, -0.2) is 69.1 Å². The second-order valence-electron chi connectivity index (χ2n) is 10.3. The number of carboxylic acids is 2. The highest BCUT2D eigenvalue weighted by Crippen LogP contribution is 2.31. The average Bonchev–Trinajstić information content (AvgIpc) is 3.11. The Balaban J connectivity index is 0.000000455. The Hall–Kier alpha value is -3.18. The average molecular weight is 564 g/mol. The van der Waals surface area contributed by atoms with Gasteiger partial charge in [-0.05, 0) is 81.4 Å². The van der Waals surface area contributed by atoms with Gasteiger partial charge in [-0.3, -0.25) is 4.79 Å². The van der Waals surface area contributed by atoms with Crippen molar-refractivity contribution in [1.29, 1.82) is 0 Å². The van der Waals surface area contributed by atoms with Crippen molar-refractivity contribution in [2.24, 2.45) is 0 Å². The SMILES string of the molecule is CC(C)(C)NC(=O)CCc1ccc(CNc2c(Cl)ccc3c2CCNCC3)cc1.O=C(O)[C@H](O)[C@@H](O)C(=O)O. The Morgan fingerprint density at radius 2 is 1.49 bits per heavy atom. The number of nitrogens with one attached hydrogen (secondary N) is 3. The van der Waals surface area contributed by atoms with Gasteiger partial charge in [-0.15, -0.1) is 0 Å². The van der Waals surface area contributed by atoms with Crippen molar-refractivity contribution in [3.63, 3.8) is 0 Å². The van der Waals surface area contributed by atoms with Gasteiger partial charge in [-0.2, -0.15) is 0 Å². The van der Waals surface area contributed by atoms with E-state index in [9.17, 15) is 14.4 Å². The summed E-state index contributed by atoms with van der Waals surface area (Å²) in [6.07, 6.45) is -1.24. The number of aliphatic carboxylic acids is 2. The standard InChI is InChI=1S/C24H32ClN3O.C4H6O6/c1-24(2,3)28-22(29)11-8-17-4-6-18(7-5-17)16-27-23-20-13-15-26-14-12-19(20)9-10-21(23)25;5-1(3(7)8)2(6)4(9)10/h4-7,9-10,26-27H,8,11-16H2,1-3H3,(H,28,29);1-2,5-6H,(H,7,8)(H,9,10)/t;1-,2-/m.1/s1. The number of aliphatic hydroxyl groups excluding tert-OH is 2. The van der Waals surface area contributed by atoms with Crippen LogP contribution in [0.4, 0.5) is 5.69 Å². The first-order valence-electron chi connectivity index (χ1n) is 12.7. The normalized spacial score (nSPS) is 14.5. The van der Waals surface area contributed by atoms with E-state index in [1.807, 2.05) is 26.8 Å². The Kier molecular flexibility index (Phi) is 12.2. The zero-order valence-corrected chi connectivity index (χ0v) is 23.2. The van der Waals surface area contributed by atoms with Crippen molar-refractivity contribution in [1.82, 2.24) is 10.6 Å². The predicted octanol–water partition coefficient (Wildman–Crippen LogP) is 2.36. The lowest BCUT2D eigenvalue weighted by molar-refractivity contribution is -0.165. The van der Waals surface area contributed by atoms with Crippen LogP contribution in [0.2, 0.25) is 5.02 Å². The smallest absolute Gasteiger partial charge is 0.335 e. The van der Waals surface area contributed by atoms with Crippen LogP contribution in [0.15, 0.2) is 36.4 Å². The fourth-order valence-corrected chi connectivity index (χ4v) is 4.20. The minimum Gasteiger partial charge on any atom is -0.479 e. The highest BCUT2D eigenvalue weighted by atomic mass is 35.5. The molecule has 2 atom stereocenters. The summed E-state index contributed by atoms with van der Waals surface area (Å²) in [6, 6.07) is 12.6. The monoisotopic (exact) mass is 563 g/mol. The number of halogens is 1. The lowest BCUT2D eigenvalue weighted by atomic mass is 10.0. The van der Waals surface area contributed by atoms with Gasteiger partial charge >= 0.3 is 11.9 Å². The van der Waals surface area contributed by atoms with Crippen molar-refractivity contribution < 1.29 is 34.8 Å². The predicted molar refractivity (Wildman–Crippen MR) is 149 cm³/mol. The van der Waals surface area contributed by atoms with Gasteiger partial charge in [0.2, 0.25) is 5.91 Å². The first-order valence-corrected chi connectivity index (χ1v) is 13.1. The molecular formula is C28H38ClN3O7. The number of carboxylic acid groups (broad SMARTS) is 2. The molecule has 0 aromatic heterocycles. The van der Waals surface area contributed by atoms with Crippen molar-refractivity contribution in [2.75, 3.05) is 18.4 Å². The van der Waals surface area contributed by atoms with Gasteiger partial charge < -0.3 is 36.4 Å². The van der Waals surface area contributed by atoms with Gasteiger partial charge in [0.25, 0.3) is 0 Å². The molecule has 10 nitrogen and oxygen atoms in total. The van der Waals surface area contributed by atoms with E-state index >= 15 is 0 Å². The van der Waals surface area contributed by atoms with E-state index in [1.165, 1.54) is 22.3 Å². The second-order valence-corrected chi connectivity index (χ2v) is 10.8. The lowest BCUT2D eigenvalue weighted by Gasteiger charge is -2.20. The molecule has 0 fully saturated rings. The Morgan fingerprint density at radius 1 is 0.923 bits per heavy atom. The molecule has 0 saturated heterocycles. The largest absolute Gasteiger partial charge is 0.479 e. The molecule has 2 aromatic carbocycles. The lowest BCUT2D eigenvalue weighted by Crippen LogP contribution is -2.40. The maximum absolute atomic E-state index is 12.0. The number of rotatable bonds is 9. The van der Waals surface area contributed by atoms with Crippen LogP contribution < -0.4 is 16.0 Å². The first kappa shape index (κ1) is 32.0. The van der Waals surface area contributed by atoms with Crippen LogP contribution in [-0.2, 0) is 40.2 Å². The number of benzene rings is 2. The number of hydrogen-bond acceptors (Lipinski definition) is 7. The summed E-state index contributed by atoms with van der Waals surface area (Å²) < 4.78 is 0. The van der Waals surface area contributed by atoms with E-state index in [0.29, 0.717) is 6.42 Å². The second kappa shape index (κ2) is 14.8. The first-order chi connectivity index (χ1) is 18.3. The summed E-state index contributed by atoms with van der Waals surface area (Å²) >= 11 is 6.50. The van der Waals surface area contributed by atoms with Crippen LogP contribution in [0.5, 0.6) is 0 Å². The minimum atomic E-state index is -2.27. The van der Waals surface area contributed by atoms with Gasteiger partial charge in [0.05, 0.1) is 10.7 Å². The quantitative estimate of drug-likeness (QED) is 0.242. The summed E-state index contributed by atoms with van der Waals surface area (Å²) in [7, 11) is 0. The number of amides is 1. The number of hydrogen-bond donors (Lipinski definition) is 7. The zero-order chi connectivity index (χ0) is 29.2. The van der Waals surface area contributed by atoms with E-state index in [2.05, 4.69) is 46.3 Å². The van der Waals surface area contributed by atoms with Crippen molar-refractivity contribution in [3.05, 3.63) is 63.7 Å². The van der Waals surface area contributed by atoms with Gasteiger partial charge in [0.15, 0.2) is 12.2 Å². The molecule has 11 heteroatoms. The topological polar surface area (TPSA) is 168 Å². The highest BCUT2D eigenvalue weighted by Gasteiger charge is 2.29. The maximum Gasteiger partial charge on any atom is 0.335 e. The van der Waals surface area contributed by atoms with Crippen LogP contribution in [0, 0.1) is 0 Å². The third kappa shape index (κ3) is 10.8. The molecule has 0 aliphatic carbocycles. The number of carbonyl (C=O) groups is 3. The van der Waals surface area contributed by atoms with Crippen LogP contribution in [0.1, 0.15) is 49.4 Å². The van der Waals surface area contributed by atoms with Gasteiger partial charge in [0, 0.05) is 18.5 Å².